The molecule has 2 atom stereocenters. The summed E-state index contributed by atoms with van der Waals surface area (Å²) in [6.45, 7) is 13.1. The van der Waals surface area contributed by atoms with Crippen molar-refractivity contribution in [3.05, 3.63) is 191 Å². The van der Waals surface area contributed by atoms with Crippen molar-refractivity contribution >= 4 is 73.3 Å². The van der Waals surface area contributed by atoms with E-state index in [1.54, 1.807) is 0 Å². The summed E-state index contributed by atoms with van der Waals surface area (Å²) in [5.41, 5.74) is 11.6. The fourth-order valence-corrected chi connectivity index (χ4v) is 58.9. The quantitative estimate of drug-likeness (QED) is 0.115. The molecule has 0 aliphatic heterocycles. The fourth-order valence-electron chi connectivity index (χ4n) is 12.6. The molecule has 0 aromatic heterocycles. The second-order valence-electron chi connectivity index (χ2n) is 20.3. The van der Waals surface area contributed by atoms with Gasteiger partial charge in [-0.3, -0.25) is 0 Å². The zero-order chi connectivity index (χ0) is 38.7. The molecule has 0 fully saturated rings. The van der Waals surface area contributed by atoms with E-state index in [-0.39, 0.29) is 7.35 Å². The van der Waals surface area contributed by atoms with Crippen molar-refractivity contribution in [3.8, 4) is 0 Å². The van der Waals surface area contributed by atoms with Gasteiger partial charge in [-0.25, -0.2) is 0 Å². The topological polar surface area (TPSA) is 0 Å². The Hall–Kier alpha value is -4.63. The minimum absolute atomic E-state index is 0.213. The standard InChI is InChI=1S/2C23H15.2C3H7.2CH3.Hf.H2Si/c2*1-2-8-19-15-20(14-18(19)7-1)22-11-5-9-17-13-12-16-6-3-4-10-21(16)23(17)22;2*1-3-2;;;;/h2*1-15H;2*3H,1-2H3;2*1H3;;1H2. The number of rotatable bonds is 6. The van der Waals surface area contributed by atoms with Crippen molar-refractivity contribution in [1.29, 1.82) is 0 Å². The maximum atomic E-state index is 2.95. The van der Waals surface area contributed by atoms with Crippen molar-refractivity contribution in [1.82, 2.24) is 0 Å². The number of allylic oxidation sites excluding steroid dienone is 2. The molecule has 2 heteroatoms. The second-order valence-corrected chi connectivity index (χ2v) is 96.1. The third-order valence-corrected chi connectivity index (χ3v) is 97.5. The Morgan fingerprint density at radius 1 is 0.411 bits per heavy atom. The molecule has 0 saturated heterocycles. The molecule has 0 bridgehead atoms. The van der Waals surface area contributed by atoms with Gasteiger partial charge in [-0.2, -0.15) is 0 Å². The number of benzene rings is 8. The molecule has 0 heterocycles. The monoisotopic (exact) mass is 908 g/mol. The van der Waals surface area contributed by atoms with Crippen LogP contribution in [0.2, 0.25) is 16.7 Å². The van der Waals surface area contributed by atoms with Crippen molar-refractivity contribution < 1.29 is 14.2 Å². The van der Waals surface area contributed by atoms with Gasteiger partial charge < -0.3 is 0 Å². The van der Waals surface area contributed by atoms with Crippen LogP contribution in [0.3, 0.4) is 0 Å². The zero-order valence-electron chi connectivity index (χ0n) is 33.7. The molecule has 0 radical (unpaired) electrons. The first-order valence-electron chi connectivity index (χ1n) is 20.7. The van der Waals surface area contributed by atoms with Crippen LogP contribution < -0.4 is 0 Å². The van der Waals surface area contributed by atoms with E-state index in [2.05, 4.69) is 214 Å². The summed E-state index contributed by atoms with van der Waals surface area (Å²) in [6, 6.07) is 60.3. The van der Waals surface area contributed by atoms with Crippen LogP contribution in [0.25, 0.3) is 66.4 Å². The number of hydrogen-bond donors (Lipinski definition) is 0. The van der Waals surface area contributed by atoms with Gasteiger partial charge >= 0.3 is 330 Å². The van der Waals surface area contributed by atoms with Crippen molar-refractivity contribution in [3.63, 3.8) is 0 Å². The summed E-state index contributed by atoms with van der Waals surface area (Å²) >= 11 is -5.90. The Kier molecular flexibility index (Phi) is 7.20. The predicted molar refractivity (Wildman–Crippen MR) is 247 cm³/mol. The molecule has 2 aliphatic rings. The summed E-state index contributed by atoms with van der Waals surface area (Å²) in [7, 11) is 0. The Morgan fingerprint density at radius 2 is 0.768 bits per heavy atom. The van der Waals surface area contributed by atoms with Crippen LogP contribution in [0.15, 0.2) is 158 Å². The van der Waals surface area contributed by atoms with Crippen molar-refractivity contribution in [2.75, 3.05) is 0 Å². The average molecular weight is 908 g/mol. The van der Waals surface area contributed by atoms with Crippen molar-refractivity contribution in [2.45, 2.75) is 51.8 Å². The van der Waals surface area contributed by atoms with Gasteiger partial charge in [0.05, 0.1) is 0 Å². The molecule has 8 aromatic carbocycles. The van der Waals surface area contributed by atoms with Gasteiger partial charge in [0.1, 0.15) is 0 Å². The fraction of sp³-hybridized carbons (Fsp3) is 0.185. The molecule has 0 saturated carbocycles. The summed E-state index contributed by atoms with van der Waals surface area (Å²) in [4.78, 5) is 0. The SMILES string of the molecule is C[CH](C)[Hf]([CH3])([CH3])(=[SiH2])([CH](C)C)([CH]1C(c2cccc3ccc4ccccc4c23)=Cc2ccccc21)[CH]1C(c2cccc3ccc4ccccc4c23)=Cc2ccccc21. The van der Waals surface area contributed by atoms with Gasteiger partial charge in [0.15, 0.2) is 0 Å². The molecule has 2 aliphatic carbocycles. The normalized spacial score (nSPS) is 18.8. The van der Waals surface area contributed by atoms with Crippen LogP contribution in [0.5, 0.6) is 0 Å². The molecule has 0 amide bonds. The van der Waals surface area contributed by atoms with E-state index in [4.69, 9.17) is 0 Å². The Labute approximate surface area is 328 Å². The first-order valence-corrected chi connectivity index (χ1v) is 44.6. The average Bonchev–Trinajstić information content (AvgIpc) is 3.82. The predicted octanol–water partition coefficient (Wildman–Crippen LogP) is 15.3. The Balaban J connectivity index is 1.38. The first kappa shape index (κ1) is 35.8. The Bertz CT molecular complexity index is 2990. The molecule has 0 nitrogen and oxygen atoms in total. The van der Waals surface area contributed by atoms with E-state index < -0.39 is 14.2 Å². The number of fused-ring (bicyclic) bond motifs is 8. The molecule has 0 N–H and O–H groups in total. The molecular formula is C54H52HfSi. The summed E-state index contributed by atoms with van der Waals surface area (Å²) in [5, 5.41) is 10.6. The minimum atomic E-state index is -5.90. The number of hydrogen-bond acceptors (Lipinski definition) is 0. The van der Waals surface area contributed by atoms with E-state index in [1.165, 1.54) is 87.6 Å². The maximum absolute atomic E-state index is 5.90. The summed E-state index contributed by atoms with van der Waals surface area (Å²) < 4.78 is 7.12. The third kappa shape index (κ3) is 4.22. The van der Waals surface area contributed by atoms with Crippen LogP contribution in [0, 0.1) is 0 Å². The van der Waals surface area contributed by atoms with Crippen LogP contribution in [0.4, 0.5) is 0 Å². The van der Waals surface area contributed by atoms with Gasteiger partial charge in [0, 0.05) is 0 Å². The van der Waals surface area contributed by atoms with Gasteiger partial charge in [-0.05, 0) is 0 Å². The second kappa shape index (κ2) is 11.3. The van der Waals surface area contributed by atoms with Crippen LogP contribution in [0.1, 0.15) is 68.4 Å². The van der Waals surface area contributed by atoms with Gasteiger partial charge in [-0.1, -0.05) is 0 Å². The molecule has 56 heavy (non-hydrogen) atoms. The van der Waals surface area contributed by atoms with E-state index in [1.807, 2.05) is 0 Å². The molecule has 0 spiro atoms. The summed E-state index contributed by atoms with van der Waals surface area (Å²) in [5.74, 6) is 0. The summed E-state index contributed by atoms with van der Waals surface area (Å²) in [6.07, 6.45) is 5.23. The Morgan fingerprint density at radius 3 is 1.20 bits per heavy atom. The van der Waals surface area contributed by atoms with E-state index in [9.17, 15) is 0 Å². The van der Waals surface area contributed by atoms with Crippen LogP contribution >= 0.6 is 0 Å². The first-order chi connectivity index (χ1) is 26.8. The van der Waals surface area contributed by atoms with Gasteiger partial charge in [0.25, 0.3) is 0 Å². The van der Waals surface area contributed by atoms with E-state index in [0.29, 0.717) is 7.35 Å². The molecule has 276 valence electrons. The van der Waals surface area contributed by atoms with Crippen LogP contribution in [-0.2, 0) is 14.2 Å². The van der Waals surface area contributed by atoms with Crippen molar-refractivity contribution in [2.24, 2.45) is 0 Å². The van der Waals surface area contributed by atoms with Gasteiger partial charge in [0.2, 0.25) is 0 Å². The molecule has 10 rings (SSSR count). The van der Waals surface area contributed by atoms with E-state index in [0.717, 1.165) is 0 Å². The van der Waals surface area contributed by atoms with Gasteiger partial charge in [-0.15, -0.1) is 0 Å². The molecule has 8 aromatic rings. The van der Waals surface area contributed by atoms with Crippen LogP contribution in [-0.4, -0.2) is 6.94 Å². The molecule has 2 unspecified atom stereocenters. The zero-order valence-corrected chi connectivity index (χ0v) is 38.7. The third-order valence-electron chi connectivity index (χ3n) is 17.7. The van der Waals surface area contributed by atoms with E-state index >= 15 is 0 Å². The molecular weight excluding hydrogens is 855 g/mol.